The number of anilines is 1. The minimum absolute atomic E-state index is 0.120. The van der Waals surface area contributed by atoms with Crippen molar-refractivity contribution in [2.45, 2.75) is 31.7 Å². The van der Waals surface area contributed by atoms with Crippen LogP contribution in [-0.4, -0.2) is 28.6 Å². The van der Waals surface area contributed by atoms with Gasteiger partial charge in [0.25, 0.3) is 5.91 Å². The number of benzene rings is 2. The van der Waals surface area contributed by atoms with Crippen LogP contribution in [0.2, 0.25) is 5.02 Å². The van der Waals surface area contributed by atoms with Crippen molar-refractivity contribution in [3.05, 3.63) is 71.0 Å². The Hall–Kier alpha value is -2.76. The lowest BCUT2D eigenvalue weighted by Crippen LogP contribution is -2.37. The molecule has 1 unspecified atom stereocenters. The van der Waals surface area contributed by atoms with Gasteiger partial charge in [-0.15, -0.1) is 12.6 Å². The molecule has 0 aromatic heterocycles. The summed E-state index contributed by atoms with van der Waals surface area (Å²) >= 11 is 9.70. The molecule has 0 aliphatic carbocycles. The molecule has 0 fully saturated rings. The lowest BCUT2D eigenvalue weighted by Gasteiger charge is -2.17. The topological polar surface area (TPSA) is 160 Å². The molecule has 9 N–H and O–H groups in total. The summed E-state index contributed by atoms with van der Waals surface area (Å²) in [6.45, 7) is 4.42. The first-order chi connectivity index (χ1) is 16.1. The molecule has 0 saturated heterocycles. The first-order valence-corrected chi connectivity index (χ1v) is 11.3. The molecule has 9 nitrogen and oxygen atoms in total. The number of thiol groups is 1. The monoisotopic (exact) mass is 508 g/mol. The minimum atomic E-state index is -0.969. The van der Waals surface area contributed by atoms with Gasteiger partial charge in [-0.1, -0.05) is 49.7 Å². The van der Waals surface area contributed by atoms with Crippen LogP contribution in [-0.2, 0) is 16.1 Å². The van der Waals surface area contributed by atoms with Gasteiger partial charge in [-0.3, -0.25) is 14.8 Å². The summed E-state index contributed by atoms with van der Waals surface area (Å²) in [6.07, 6.45) is 1.88. The van der Waals surface area contributed by atoms with Gasteiger partial charge >= 0.3 is 0 Å². The van der Waals surface area contributed by atoms with E-state index >= 15 is 0 Å². The van der Waals surface area contributed by atoms with Crippen LogP contribution >= 0.6 is 24.2 Å². The summed E-state index contributed by atoms with van der Waals surface area (Å²) in [4.78, 5) is 24.9. The van der Waals surface area contributed by atoms with Crippen LogP contribution in [0.4, 0.5) is 5.69 Å². The van der Waals surface area contributed by atoms with Crippen molar-refractivity contribution in [1.29, 1.82) is 0 Å². The van der Waals surface area contributed by atoms with Crippen molar-refractivity contribution in [3.8, 4) is 0 Å². The van der Waals surface area contributed by atoms with Crippen molar-refractivity contribution < 1.29 is 14.8 Å². The molecule has 2 aromatic carbocycles. The van der Waals surface area contributed by atoms with Gasteiger partial charge in [-0.2, -0.15) is 0 Å². The number of hydrazine groups is 1. The second-order valence-electron chi connectivity index (χ2n) is 7.88. The maximum Gasteiger partial charge on any atom is 0.255 e. The third kappa shape index (κ3) is 10.9. The molecule has 2 aromatic rings. The number of nitrogens with zero attached hydrogens (tertiary/aromatic N) is 1. The zero-order valence-electron chi connectivity index (χ0n) is 19.2. The summed E-state index contributed by atoms with van der Waals surface area (Å²) in [5.74, 6) is 3.77. The predicted octanol–water partition coefficient (Wildman–Crippen LogP) is 2.86. The molecule has 0 aliphatic rings. The molecule has 0 aliphatic heterocycles. The van der Waals surface area contributed by atoms with Crippen molar-refractivity contribution >= 4 is 41.7 Å². The number of nitrogens with one attached hydrogen (secondary N) is 2. The number of halogens is 1. The summed E-state index contributed by atoms with van der Waals surface area (Å²) in [7, 11) is 0. The number of nitrogens with two attached hydrogens (primary N) is 3. The normalized spacial score (nSPS) is 11.8. The Kier molecular flexibility index (Phi) is 13.1. The zero-order valence-corrected chi connectivity index (χ0v) is 20.9. The Morgan fingerprint density at radius 1 is 1.15 bits per heavy atom. The van der Waals surface area contributed by atoms with E-state index in [-0.39, 0.29) is 12.5 Å². The van der Waals surface area contributed by atoms with Crippen molar-refractivity contribution in [3.63, 3.8) is 0 Å². The van der Waals surface area contributed by atoms with Crippen molar-refractivity contribution in [2.24, 2.45) is 29.1 Å². The van der Waals surface area contributed by atoms with Crippen LogP contribution in [0.25, 0.3) is 0 Å². The molecule has 2 amide bonds. The predicted molar refractivity (Wildman–Crippen MR) is 138 cm³/mol. The quantitative estimate of drug-likeness (QED) is 0.0900. The Morgan fingerprint density at radius 3 is 2.24 bits per heavy atom. The first-order valence-electron chi connectivity index (χ1n) is 10.5. The molecular formula is C23H33ClN6O3S. The number of rotatable bonds is 9. The Balaban J connectivity index is 0.000000605. The number of hydrogen-bond donors (Lipinski definition) is 7. The summed E-state index contributed by atoms with van der Waals surface area (Å²) in [5.41, 5.74) is 14.5. The standard InChI is InChI=1S/C17H28N6O3.C6H5ClS/c1-11(2)7-15(17(25)22-26)16(24)21-14-5-3-12(4-6-14)9-23(20)10-13(19)8-18;7-5-3-1-2-4-6(5)8/h3-6,10-11,15,26H,7-9,18-20H2,1-2H3,(H,21,24)(H,22,25);1-4,8H/b13-10-;. The van der Waals surface area contributed by atoms with E-state index in [0.29, 0.717) is 29.4 Å². The number of hydrogen-bond acceptors (Lipinski definition) is 8. The maximum atomic E-state index is 12.3. The molecular weight excluding hydrogens is 476 g/mol. The van der Waals surface area contributed by atoms with E-state index in [1.165, 1.54) is 5.01 Å². The molecule has 186 valence electrons. The smallest absolute Gasteiger partial charge is 0.255 e. The second kappa shape index (κ2) is 15.2. The zero-order chi connectivity index (χ0) is 25.7. The van der Waals surface area contributed by atoms with Crippen molar-refractivity contribution in [2.75, 3.05) is 11.9 Å². The summed E-state index contributed by atoms with van der Waals surface area (Å²) < 4.78 is 0. The Morgan fingerprint density at radius 2 is 1.76 bits per heavy atom. The molecule has 1 atom stereocenters. The van der Waals surface area contributed by atoms with Gasteiger partial charge in [-0.25, -0.2) is 11.3 Å². The van der Waals surface area contributed by atoms with Crippen LogP contribution in [0.5, 0.6) is 0 Å². The number of hydroxylamine groups is 1. The maximum absolute atomic E-state index is 12.3. The molecule has 0 saturated carbocycles. The van der Waals surface area contributed by atoms with E-state index < -0.39 is 17.7 Å². The largest absolute Gasteiger partial charge is 0.400 e. The fourth-order valence-corrected chi connectivity index (χ4v) is 3.08. The molecule has 34 heavy (non-hydrogen) atoms. The minimum Gasteiger partial charge on any atom is -0.400 e. The third-order valence-corrected chi connectivity index (χ3v) is 5.31. The second-order valence-corrected chi connectivity index (χ2v) is 8.77. The van der Waals surface area contributed by atoms with E-state index in [4.69, 9.17) is 34.1 Å². The van der Waals surface area contributed by atoms with Crippen LogP contribution in [0, 0.1) is 11.8 Å². The molecule has 11 heteroatoms. The van der Waals surface area contributed by atoms with Crippen LogP contribution in [0.1, 0.15) is 25.8 Å². The van der Waals surface area contributed by atoms with E-state index in [2.05, 4.69) is 17.9 Å². The van der Waals surface area contributed by atoms with Crippen LogP contribution in [0.3, 0.4) is 0 Å². The fraction of sp³-hybridized carbons (Fsp3) is 0.304. The molecule has 0 radical (unpaired) electrons. The van der Waals surface area contributed by atoms with Gasteiger partial charge in [0.05, 0.1) is 11.6 Å². The Labute approximate surface area is 210 Å². The van der Waals surface area contributed by atoms with Crippen molar-refractivity contribution in [1.82, 2.24) is 10.5 Å². The lowest BCUT2D eigenvalue weighted by molar-refractivity contribution is -0.139. The summed E-state index contributed by atoms with van der Waals surface area (Å²) in [5, 5.41) is 13.6. The van der Waals surface area contributed by atoms with Gasteiger partial charge in [0.2, 0.25) is 5.91 Å². The highest BCUT2D eigenvalue weighted by Crippen LogP contribution is 2.18. The lowest BCUT2D eigenvalue weighted by atomic mass is 9.95. The SMILES string of the molecule is CC(C)CC(C(=O)NO)C(=O)Nc1ccc(CN(N)/C=C(\N)CN)cc1.Sc1ccccc1Cl. The van der Waals surface area contributed by atoms with Gasteiger partial charge in [0.15, 0.2) is 0 Å². The molecule has 0 bridgehead atoms. The number of carbonyl (C=O) groups is 2. The molecule has 2 rings (SSSR count). The van der Waals surface area contributed by atoms with Crippen LogP contribution < -0.4 is 28.1 Å². The highest BCUT2D eigenvalue weighted by molar-refractivity contribution is 7.80. The number of amides is 2. The van der Waals surface area contributed by atoms with Gasteiger partial charge in [0, 0.05) is 29.0 Å². The van der Waals surface area contributed by atoms with E-state index in [1.54, 1.807) is 35.9 Å². The third-order valence-electron chi connectivity index (χ3n) is 4.46. The highest BCUT2D eigenvalue weighted by Gasteiger charge is 2.27. The van der Waals surface area contributed by atoms with E-state index in [0.717, 1.165) is 10.5 Å². The number of carbonyl (C=O) groups excluding carboxylic acids is 2. The van der Waals surface area contributed by atoms with Gasteiger partial charge in [0.1, 0.15) is 5.92 Å². The highest BCUT2D eigenvalue weighted by atomic mass is 35.5. The van der Waals surface area contributed by atoms with Gasteiger partial charge in [-0.05, 0) is 42.2 Å². The average Bonchev–Trinajstić information content (AvgIpc) is 2.80. The summed E-state index contributed by atoms with van der Waals surface area (Å²) in [6, 6.07) is 14.4. The fourth-order valence-electron chi connectivity index (χ4n) is 2.78. The van der Waals surface area contributed by atoms with E-state index in [9.17, 15) is 9.59 Å². The van der Waals surface area contributed by atoms with E-state index in [1.807, 2.05) is 38.1 Å². The average molecular weight is 509 g/mol. The van der Waals surface area contributed by atoms with Crippen LogP contribution in [0.15, 0.2) is 65.3 Å². The molecule has 0 spiro atoms. The van der Waals surface area contributed by atoms with Gasteiger partial charge < -0.3 is 21.8 Å². The molecule has 0 heterocycles. The first kappa shape index (κ1) is 29.3. The Bertz CT molecular complexity index is 935.